The highest BCUT2D eigenvalue weighted by Crippen LogP contribution is 2.31. The number of anilines is 2. The number of halogens is 1. The van der Waals surface area contributed by atoms with Gasteiger partial charge in [-0.15, -0.1) is 0 Å². The predicted molar refractivity (Wildman–Crippen MR) is 103 cm³/mol. The van der Waals surface area contributed by atoms with Gasteiger partial charge in [-0.05, 0) is 37.0 Å². The maximum absolute atomic E-state index is 14.1. The summed E-state index contributed by atoms with van der Waals surface area (Å²) in [6, 6.07) is 10.3. The molecule has 2 aromatic carbocycles. The molecule has 1 fully saturated rings. The number of benzene rings is 2. The third-order valence-electron chi connectivity index (χ3n) is 5.06. The number of nitro benzene ring substituents is 1. The lowest BCUT2D eigenvalue weighted by Gasteiger charge is -2.33. The molecule has 3 rings (SSSR count). The number of carbonyl (C=O) groups is 1. The molecule has 2 aromatic rings. The van der Waals surface area contributed by atoms with Gasteiger partial charge in [0.1, 0.15) is 5.82 Å². The molecule has 1 heterocycles. The van der Waals surface area contributed by atoms with Crippen LogP contribution in [0, 0.1) is 21.8 Å². The Hall–Kier alpha value is -2.96. The summed E-state index contributed by atoms with van der Waals surface area (Å²) in [4.78, 5) is 27.1. The SMILES string of the molecule is CC1CCN(c2ccc([N+](=O)[O-])cc2C(=O)N(C)c2ccccc2F)CC1. The molecule has 7 heteroatoms. The summed E-state index contributed by atoms with van der Waals surface area (Å²) in [5, 5.41) is 11.2. The molecule has 1 aliphatic rings. The van der Waals surface area contributed by atoms with Crippen LogP contribution >= 0.6 is 0 Å². The summed E-state index contributed by atoms with van der Waals surface area (Å²) in [5.41, 5.74) is 0.840. The lowest BCUT2D eigenvalue weighted by atomic mass is 9.97. The van der Waals surface area contributed by atoms with Gasteiger partial charge in [0.25, 0.3) is 11.6 Å². The zero-order valence-electron chi connectivity index (χ0n) is 15.4. The number of hydrogen-bond acceptors (Lipinski definition) is 4. The molecule has 1 amide bonds. The molecule has 0 radical (unpaired) electrons. The number of rotatable bonds is 4. The van der Waals surface area contributed by atoms with E-state index < -0.39 is 16.6 Å². The molecule has 1 saturated heterocycles. The van der Waals surface area contributed by atoms with E-state index >= 15 is 0 Å². The fourth-order valence-electron chi connectivity index (χ4n) is 3.35. The second-order valence-corrected chi connectivity index (χ2v) is 6.94. The molecule has 0 saturated carbocycles. The smallest absolute Gasteiger partial charge is 0.270 e. The molecular weight excluding hydrogens is 349 g/mol. The van der Waals surface area contributed by atoms with E-state index in [0.717, 1.165) is 25.9 Å². The average molecular weight is 371 g/mol. The van der Waals surface area contributed by atoms with Gasteiger partial charge in [-0.1, -0.05) is 19.1 Å². The van der Waals surface area contributed by atoms with E-state index in [0.29, 0.717) is 11.6 Å². The van der Waals surface area contributed by atoms with Crippen LogP contribution in [-0.4, -0.2) is 31.0 Å². The van der Waals surface area contributed by atoms with Gasteiger partial charge in [0, 0.05) is 32.3 Å². The van der Waals surface area contributed by atoms with E-state index in [1.54, 1.807) is 18.2 Å². The lowest BCUT2D eigenvalue weighted by molar-refractivity contribution is -0.384. The van der Waals surface area contributed by atoms with Gasteiger partial charge in [-0.25, -0.2) is 4.39 Å². The Labute approximate surface area is 157 Å². The minimum absolute atomic E-state index is 0.132. The van der Waals surface area contributed by atoms with Gasteiger partial charge < -0.3 is 9.80 Å². The van der Waals surface area contributed by atoms with Crippen molar-refractivity contribution in [3.05, 3.63) is 64.0 Å². The highest BCUT2D eigenvalue weighted by Gasteiger charge is 2.26. The average Bonchev–Trinajstić information content (AvgIpc) is 2.67. The van der Waals surface area contributed by atoms with Gasteiger partial charge >= 0.3 is 0 Å². The molecule has 0 unspecified atom stereocenters. The van der Waals surface area contributed by atoms with Gasteiger partial charge in [0.05, 0.1) is 21.9 Å². The third kappa shape index (κ3) is 3.92. The van der Waals surface area contributed by atoms with Gasteiger partial charge in [-0.3, -0.25) is 14.9 Å². The number of non-ortho nitro benzene ring substituents is 1. The van der Waals surface area contributed by atoms with Crippen molar-refractivity contribution >= 4 is 23.0 Å². The van der Waals surface area contributed by atoms with E-state index in [-0.39, 0.29) is 16.9 Å². The van der Waals surface area contributed by atoms with Crippen molar-refractivity contribution in [3.8, 4) is 0 Å². The van der Waals surface area contributed by atoms with Gasteiger partial charge in [0.15, 0.2) is 0 Å². The van der Waals surface area contributed by atoms with Crippen LogP contribution < -0.4 is 9.80 Å². The highest BCUT2D eigenvalue weighted by molar-refractivity contribution is 6.10. The van der Waals surface area contributed by atoms with E-state index in [2.05, 4.69) is 11.8 Å². The van der Waals surface area contributed by atoms with Crippen LogP contribution in [0.15, 0.2) is 42.5 Å². The van der Waals surface area contributed by atoms with Gasteiger partial charge in [-0.2, -0.15) is 0 Å². The van der Waals surface area contributed by atoms with Crippen molar-refractivity contribution in [3.63, 3.8) is 0 Å². The second-order valence-electron chi connectivity index (χ2n) is 6.94. The number of nitro groups is 1. The fourth-order valence-corrected chi connectivity index (χ4v) is 3.35. The Morgan fingerprint density at radius 2 is 1.89 bits per heavy atom. The van der Waals surface area contributed by atoms with Crippen molar-refractivity contribution < 1.29 is 14.1 Å². The van der Waals surface area contributed by atoms with Crippen LogP contribution in [0.5, 0.6) is 0 Å². The molecule has 1 aliphatic heterocycles. The molecule has 0 N–H and O–H groups in total. The Morgan fingerprint density at radius 1 is 1.22 bits per heavy atom. The van der Waals surface area contributed by atoms with E-state index in [9.17, 15) is 19.3 Å². The summed E-state index contributed by atoms with van der Waals surface area (Å²) in [7, 11) is 1.47. The zero-order valence-corrected chi connectivity index (χ0v) is 15.4. The molecule has 142 valence electrons. The van der Waals surface area contributed by atoms with Crippen LogP contribution in [-0.2, 0) is 0 Å². The summed E-state index contributed by atoms with van der Waals surface area (Å²) in [6.45, 7) is 3.75. The summed E-state index contributed by atoms with van der Waals surface area (Å²) < 4.78 is 14.1. The van der Waals surface area contributed by atoms with Crippen LogP contribution in [0.2, 0.25) is 0 Å². The van der Waals surface area contributed by atoms with Crippen LogP contribution in [0.4, 0.5) is 21.5 Å². The minimum Gasteiger partial charge on any atom is -0.371 e. The first-order valence-corrected chi connectivity index (χ1v) is 8.94. The number of amides is 1. The van der Waals surface area contributed by atoms with Crippen molar-refractivity contribution in [1.82, 2.24) is 0 Å². The third-order valence-corrected chi connectivity index (χ3v) is 5.06. The largest absolute Gasteiger partial charge is 0.371 e. The molecule has 0 aromatic heterocycles. The van der Waals surface area contributed by atoms with Gasteiger partial charge in [0.2, 0.25) is 0 Å². The minimum atomic E-state index is -0.526. The molecule has 0 spiro atoms. The maximum atomic E-state index is 14.1. The molecule has 27 heavy (non-hydrogen) atoms. The standard InChI is InChI=1S/C20H22FN3O3/c1-14-9-11-23(12-10-14)18-8-7-15(24(26)27)13-16(18)20(25)22(2)19-6-4-3-5-17(19)21/h3-8,13-14H,9-12H2,1-2H3. The summed E-state index contributed by atoms with van der Waals surface area (Å²) in [5.74, 6) is -0.385. The first-order valence-electron chi connectivity index (χ1n) is 8.94. The molecule has 0 bridgehead atoms. The van der Waals surface area contributed by atoms with Crippen molar-refractivity contribution in [2.45, 2.75) is 19.8 Å². The lowest BCUT2D eigenvalue weighted by Crippen LogP contribution is -2.35. The van der Waals surface area contributed by atoms with E-state index in [4.69, 9.17) is 0 Å². The van der Waals surface area contributed by atoms with E-state index in [1.165, 1.54) is 36.2 Å². The normalized spacial score (nSPS) is 14.9. The first kappa shape index (κ1) is 18.8. The van der Waals surface area contributed by atoms with Crippen molar-refractivity contribution in [1.29, 1.82) is 0 Å². The Balaban J connectivity index is 2.00. The number of piperidine rings is 1. The number of hydrogen-bond donors (Lipinski definition) is 0. The molecule has 0 aliphatic carbocycles. The van der Waals surface area contributed by atoms with Crippen LogP contribution in [0.1, 0.15) is 30.1 Å². The van der Waals surface area contributed by atoms with Crippen molar-refractivity contribution in [2.24, 2.45) is 5.92 Å². The summed E-state index contributed by atoms with van der Waals surface area (Å²) in [6.07, 6.45) is 1.99. The highest BCUT2D eigenvalue weighted by atomic mass is 19.1. The quantitative estimate of drug-likeness (QED) is 0.595. The van der Waals surface area contributed by atoms with Crippen molar-refractivity contribution in [2.75, 3.05) is 29.9 Å². The fraction of sp³-hybridized carbons (Fsp3) is 0.350. The molecule has 6 nitrogen and oxygen atoms in total. The molecular formula is C20H22FN3O3. The first-order chi connectivity index (χ1) is 12.9. The zero-order chi connectivity index (χ0) is 19.6. The van der Waals surface area contributed by atoms with E-state index in [1.807, 2.05) is 0 Å². The second kappa shape index (κ2) is 7.73. The monoisotopic (exact) mass is 371 g/mol. The number of carbonyl (C=O) groups excluding carboxylic acids is 1. The topological polar surface area (TPSA) is 66.7 Å². The predicted octanol–water partition coefficient (Wildman–Crippen LogP) is 4.25. The molecule has 0 atom stereocenters. The Kier molecular flexibility index (Phi) is 5.39. The summed E-state index contributed by atoms with van der Waals surface area (Å²) >= 11 is 0. The number of nitrogens with zero attached hydrogens (tertiary/aromatic N) is 3. The Morgan fingerprint density at radius 3 is 2.52 bits per heavy atom. The number of para-hydroxylation sites is 1. The van der Waals surface area contributed by atoms with Crippen LogP contribution in [0.3, 0.4) is 0 Å². The van der Waals surface area contributed by atoms with Crippen LogP contribution in [0.25, 0.3) is 0 Å². The maximum Gasteiger partial charge on any atom is 0.270 e. The Bertz CT molecular complexity index is 863.